The summed E-state index contributed by atoms with van der Waals surface area (Å²) in [7, 11) is 0. The topological polar surface area (TPSA) is 82.8 Å². The Morgan fingerprint density at radius 2 is 1.72 bits per heavy atom. The lowest BCUT2D eigenvalue weighted by Crippen LogP contribution is -2.47. The molecule has 8 nitrogen and oxygen atoms in total. The smallest absolute Gasteiger partial charge is 0.319 e. The molecule has 0 spiro atoms. The number of nitrogens with zero attached hydrogens (tertiary/aromatic N) is 5. The van der Waals surface area contributed by atoms with Crippen LogP contribution >= 0.6 is 0 Å². The Labute approximate surface area is 145 Å². The highest BCUT2D eigenvalue weighted by atomic mass is 16.2. The third-order valence-electron chi connectivity index (χ3n) is 5.05. The number of carbonyl (C=O) groups is 2. The van der Waals surface area contributed by atoms with Gasteiger partial charge in [-0.25, -0.2) is 9.78 Å². The Bertz CT molecular complexity index is 774. The number of amides is 3. The third kappa shape index (κ3) is 3.16. The molecule has 2 aliphatic heterocycles. The molecule has 0 atom stereocenters. The molecule has 0 radical (unpaired) electrons. The number of nitrogens with one attached hydrogen (secondary N) is 1. The summed E-state index contributed by atoms with van der Waals surface area (Å²) in [5.41, 5.74) is 0.698. The number of hydrogen-bond donors (Lipinski definition) is 1. The van der Waals surface area contributed by atoms with Crippen LogP contribution in [0.1, 0.15) is 25.7 Å². The van der Waals surface area contributed by atoms with Crippen molar-refractivity contribution in [3.8, 4) is 0 Å². The van der Waals surface area contributed by atoms with E-state index in [0.717, 1.165) is 25.9 Å². The molecule has 25 heavy (non-hydrogen) atoms. The van der Waals surface area contributed by atoms with E-state index in [-0.39, 0.29) is 17.9 Å². The van der Waals surface area contributed by atoms with Gasteiger partial charge in [-0.3, -0.25) is 4.79 Å². The molecule has 2 aliphatic rings. The van der Waals surface area contributed by atoms with E-state index in [4.69, 9.17) is 0 Å². The SMILES string of the molecule is O=C(Nc1ccnc2ccnn12)C1CCN(C(=O)N2CCCC2)CC1. The second-order valence-corrected chi connectivity index (χ2v) is 6.66. The van der Waals surface area contributed by atoms with Gasteiger partial charge < -0.3 is 15.1 Å². The molecule has 1 N–H and O–H groups in total. The Morgan fingerprint density at radius 1 is 1.00 bits per heavy atom. The van der Waals surface area contributed by atoms with Gasteiger partial charge >= 0.3 is 6.03 Å². The highest BCUT2D eigenvalue weighted by Gasteiger charge is 2.30. The second-order valence-electron chi connectivity index (χ2n) is 6.66. The minimum Gasteiger partial charge on any atom is -0.325 e. The largest absolute Gasteiger partial charge is 0.325 e. The molecule has 3 amide bonds. The zero-order chi connectivity index (χ0) is 17.2. The van der Waals surface area contributed by atoms with Crippen molar-refractivity contribution in [1.29, 1.82) is 0 Å². The second kappa shape index (κ2) is 6.70. The minimum absolute atomic E-state index is 0.0173. The molecule has 2 fully saturated rings. The van der Waals surface area contributed by atoms with Crippen LogP contribution in [-0.2, 0) is 4.79 Å². The fraction of sp³-hybridized carbons (Fsp3) is 0.529. The Hall–Kier alpha value is -2.64. The average molecular weight is 342 g/mol. The first-order chi connectivity index (χ1) is 12.2. The third-order valence-corrected chi connectivity index (χ3v) is 5.05. The number of likely N-dealkylation sites (tertiary alicyclic amines) is 2. The molecule has 4 rings (SSSR count). The van der Waals surface area contributed by atoms with Crippen LogP contribution in [0, 0.1) is 5.92 Å². The molecule has 8 heteroatoms. The van der Waals surface area contributed by atoms with Crippen molar-refractivity contribution < 1.29 is 9.59 Å². The molecular formula is C17H22N6O2. The maximum atomic E-state index is 12.6. The standard InChI is InChI=1S/C17H22N6O2/c24-16(20-15-3-7-18-14-4-8-19-23(14)15)13-5-11-22(12-6-13)17(25)21-9-1-2-10-21/h3-4,7-8,13H,1-2,5-6,9-12H2,(H,20,24). The normalized spacial score (nSPS) is 18.7. The highest BCUT2D eigenvalue weighted by Crippen LogP contribution is 2.21. The van der Waals surface area contributed by atoms with E-state index < -0.39 is 0 Å². The first kappa shape index (κ1) is 15.9. The summed E-state index contributed by atoms with van der Waals surface area (Å²) < 4.78 is 1.62. The fourth-order valence-corrected chi connectivity index (χ4v) is 3.60. The maximum absolute atomic E-state index is 12.6. The van der Waals surface area contributed by atoms with Crippen LogP contribution in [-0.4, -0.2) is 62.5 Å². The first-order valence-corrected chi connectivity index (χ1v) is 8.86. The zero-order valence-electron chi connectivity index (χ0n) is 14.1. The van der Waals surface area contributed by atoms with Gasteiger partial charge in [0, 0.05) is 44.4 Å². The first-order valence-electron chi connectivity index (χ1n) is 8.86. The quantitative estimate of drug-likeness (QED) is 0.898. The van der Waals surface area contributed by atoms with Crippen LogP contribution in [0.25, 0.3) is 5.65 Å². The summed E-state index contributed by atoms with van der Waals surface area (Å²) in [6, 6.07) is 3.66. The molecule has 0 saturated carbocycles. The molecule has 4 heterocycles. The van der Waals surface area contributed by atoms with Gasteiger partial charge in [0.05, 0.1) is 6.20 Å². The molecule has 0 aliphatic carbocycles. The number of piperidine rings is 1. The van der Waals surface area contributed by atoms with Gasteiger partial charge in [0.25, 0.3) is 0 Å². The number of urea groups is 1. The van der Waals surface area contributed by atoms with E-state index in [1.165, 1.54) is 0 Å². The van der Waals surface area contributed by atoms with E-state index in [1.54, 1.807) is 29.0 Å². The number of carbonyl (C=O) groups excluding carboxylic acids is 2. The molecule has 132 valence electrons. The number of hydrogen-bond acceptors (Lipinski definition) is 4. The molecule has 0 unspecified atom stereocenters. The van der Waals surface area contributed by atoms with Crippen LogP contribution in [0.2, 0.25) is 0 Å². The van der Waals surface area contributed by atoms with Crippen LogP contribution in [0.15, 0.2) is 24.5 Å². The molecule has 2 aromatic rings. The van der Waals surface area contributed by atoms with E-state index in [2.05, 4.69) is 15.4 Å². The average Bonchev–Trinajstić information content (AvgIpc) is 3.33. The van der Waals surface area contributed by atoms with Crippen molar-refractivity contribution in [1.82, 2.24) is 24.4 Å². The van der Waals surface area contributed by atoms with Crippen molar-refractivity contribution in [2.45, 2.75) is 25.7 Å². The van der Waals surface area contributed by atoms with Gasteiger partial charge in [-0.15, -0.1) is 0 Å². The zero-order valence-corrected chi connectivity index (χ0v) is 14.1. The highest BCUT2D eigenvalue weighted by molar-refractivity contribution is 5.92. The van der Waals surface area contributed by atoms with Gasteiger partial charge in [0.2, 0.25) is 5.91 Å². The van der Waals surface area contributed by atoms with E-state index in [0.29, 0.717) is 37.4 Å². The van der Waals surface area contributed by atoms with Gasteiger partial charge in [0.1, 0.15) is 5.82 Å². The lowest BCUT2D eigenvalue weighted by molar-refractivity contribution is -0.121. The van der Waals surface area contributed by atoms with Crippen LogP contribution in [0.5, 0.6) is 0 Å². The summed E-state index contributed by atoms with van der Waals surface area (Å²) >= 11 is 0. The number of aromatic nitrogens is 3. The van der Waals surface area contributed by atoms with Crippen molar-refractivity contribution >= 4 is 23.4 Å². The van der Waals surface area contributed by atoms with Crippen molar-refractivity contribution in [3.63, 3.8) is 0 Å². The Morgan fingerprint density at radius 3 is 2.48 bits per heavy atom. The fourth-order valence-electron chi connectivity index (χ4n) is 3.60. The van der Waals surface area contributed by atoms with Crippen LogP contribution in [0.3, 0.4) is 0 Å². The van der Waals surface area contributed by atoms with Gasteiger partial charge in [-0.05, 0) is 31.7 Å². The number of fused-ring (bicyclic) bond motifs is 1. The minimum atomic E-state index is -0.0820. The van der Waals surface area contributed by atoms with Crippen LogP contribution < -0.4 is 5.32 Å². The van der Waals surface area contributed by atoms with Crippen molar-refractivity contribution in [2.75, 3.05) is 31.5 Å². The summed E-state index contributed by atoms with van der Waals surface area (Å²) in [5.74, 6) is 0.522. The van der Waals surface area contributed by atoms with Crippen molar-refractivity contribution in [2.24, 2.45) is 5.92 Å². The molecular weight excluding hydrogens is 320 g/mol. The Balaban J connectivity index is 1.35. The lowest BCUT2D eigenvalue weighted by atomic mass is 9.96. The number of anilines is 1. The van der Waals surface area contributed by atoms with E-state index in [9.17, 15) is 9.59 Å². The summed E-state index contributed by atoms with van der Waals surface area (Å²) in [5, 5.41) is 7.12. The van der Waals surface area contributed by atoms with Gasteiger partial charge in [-0.1, -0.05) is 0 Å². The maximum Gasteiger partial charge on any atom is 0.319 e. The predicted molar refractivity (Wildman–Crippen MR) is 92.1 cm³/mol. The molecule has 0 bridgehead atoms. The summed E-state index contributed by atoms with van der Waals surface area (Å²) in [6.07, 6.45) is 6.89. The molecule has 2 saturated heterocycles. The predicted octanol–water partition coefficient (Wildman–Crippen LogP) is 1.60. The van der Waals surface area contributed by atoms with Gasteiger partial charge in [0.15, 0.2) is 5.65 Å². The van der Waals surface area contributed by atoms with E-state index in [1.807, 2.05) is 9.80 Å². The molecule has 2 aromatic heterocycles. The lowest BCUT2D eigenvalue weighted by Gasteiger charge is -2.34. The molecule has 0 aromatic carbocycles. The van der Waals surface area contributed by atoms with Crippen LogP contribution in [0.4, 0.5) is 10.6 Å². The number of rotatable bonds is 2. The summed E-state index contributed by atoms with van der Waals surface area (Å²) in [4.78, 5) is 33.0. The van der Waals surface area contributed by atoms with E-state index >= 15 is 0 Å². The van der Waals surface area contributed by atoms with Crippen molar-refractivity contribution in [3.05, 3.63) is 24.5 Å². The summed E-state index contributed by atoms with van der Waals surface area (Å²) in [6.45, 7) is 3.00. The monoisotopic (exact) mass is 342 g/mol. The van der Waals surface area contributed by atoms with Gasteiger partial charge in [-0.2, -0.15) is 9.61 Å². The Kier molecular flexibility index (Phi) is 4.25.